The Bertz CT molecular complexity index is 1250. The summed E-state index contributed by atoms with van der Waals surface area (Å²) >= 11 is 7.53. The third kappa shape index (κ3) is 3.28. The molecule has 0 N–H and O–H groups in total. The molecule has 148 valence electrons. The van der Waals surface area contributed by atoms with Crippen LogP contribution in [0.5, 0.6) is 0 Å². The lowest BCUT2D eigenvalue weighted by atomic mass is 10.1. The number of rotatable bonds is 3. The average molecular weight is 434 g/mol. The Labute approximate surface area is 182 Å². The number of aromatic nitrogens is 2. The number of benzene rings is 3. The first-order valence-corrected chi connectivity index (χ1v) is 10.7. The van der Waals surface area contributed by atoms with Gasteiger partial charge in [0, 0.05) is 32.5 Å². The van der Waals surface area contributed by atoms with Crippen LogP contribution in [0.4, 0.5) is 5.69 Å². The molecule has 0 atom stereocenters. The molecule has 30 heavy (non-hydrogen) atoms. The Morgan fingerprint density at radius 2 is 1.77 bits per heavy atom. The largest absolute Gasteiger partial charge is 0.334 e. The van der Waals surface area contributed by atoms with Crippen LogP contribution in [0.2, 0.25) is 5.02 Å². The third-order valence-electron chi connectivity index (χ3n) is 4.92. The topological polar surface area (TPSA) is 59.2 Å². The van der Waals surface area contributed by atoms with Gasteiger partial charge in [-0.15, -0.1) is 0 Å². The molecule has 0 unspecified atom stereocenters. The fraction of sp³-hybridized carbons (Fsp3) is 0.0870. The maximum Gasteiger partial charge on any atom is 0.259 e. The van der Waals surface area contributed by atoms with Crippen LogP contribution in [0.25, 0.3) is 22.8 Å². The van der Waals surface area contributed by atoms with Crippen LogP contribution >= 0.6 is 23.4 Å². The van der Waals surface area contributed by atoms with Crippen LogP contribution < -0.4 is 4.90 Å². The summed E-state index contributed by atoms with van der Waals surface area (Å²) in [6.45, 7) is 2.56. The van der Waals surface area contributed by atoms with E-state index in [1.807, 2.05) is 61.5 Å². The Morgan fingerprint density at radius 1 is 1.00 bits per heavy atom. The molecule has 0 radical (unpaired) electrons. The lowest BCUT2D eigenvalue weighted by Crippen LogP contribution is -2.30. The summed E-state index contributed by atoms with van der Waals surface area (Å²) < 4.78 is 5.45. The molecule has 0 saturated heterocycles. The number of amides is 1. The van der Waals surface area contributed by atoms with Gasteiger partial charge in [-0.2, -0.15) is 4.98 Å². The summed E-state index contributed by atoms with van der Waals surface area (Å²) in [6.07, 6.45) is 0. The Hall–Kier alpha value is -3.09. The van der Waals surface area contributed by atoms with Crippen LogP contribution in [0.15, 0.2) is 81.0 Å². The fourth-order valence-corrected chi connectivity index (χ4v) is 4.67. The van der Waals surface area contributed by atoms with Crippen molar-refractivity contribution >= 4 is 35.0 Å². The number of nitrogens with zero attached hydrogens (tertiary/aromatic N) is 3. The average Bonchev–Trinajstić information content (AvgIpc) is 3.22. The lowest BCUT2D eigenvalue weighted by molar-refractivity contribution is 0.0985. The van der Waals surface area contributed by atoms with Crippen molar-refractivity contribution in [1.82, 2.24) is 10.1 Å². The highest BCUT2D eigenvalue weighted by atomic mass is 35.5. The second-order valence-corrected chi connectivity index (χ2v) is 8.28. The second kappa shape index (κ2) is 7.63. The van der Waals surface area contributed by atoms with Gasteiger partial charge in [0.15, 0.2) is 0 Å². The lowest BCUT2D eigenvalue weighted by Gasteiger charge is -2.21. The van der Waals surface area contributed by atoms with Crippen molar-refractivity contribution < 1.29 is 9.32 Å². The van der Waals surface area contributed by atoms with Crippen molar-refractivity contribution in [3.63, 3.8) is 0 Å². The number of hydrogen-bond donors (Lipinski definition) is 0. The van der Waals surface area contributed by atoms with E-state index in [0.29, 0.717) is 28.8 Å². The summed E-state index contributed by atoms with van der Waals surface area (Å²) in [4.78, 5) is 21.3. The first-order chi connectivity index (χ1) is 14.6. The van der Waals surface area contributed by atoms with Gasteiger partial charge in [-0.1, -0.05) is 40.7 Å². The molecule has 5 nitrogen and oxygen atoms in total. The molecule has 3 aromatic carbocycles. The molecule has 7 heteroatoms. The minimum atomic E-state index is 0.0108. The van der Waals surface area contributed by atoms with Gasteiger partial charge in [0.1, 0.15) is 0 Å². The number of fused-ring (bicyclic) bond motifs is 2. The molecule has 0 aliphatic carbocycles. The van der Waals surface area contributed by atoms with Crippen molar-refractivity contribution in [1.29, 1.82) is 0 Å². The highest BCUT2D eigenvalue weighted by molar-refractivity contribution is 7.99. The molecule has 0 spiro atoms. The van der Waals surface area contributed by atoms with Crippen molar-refractivity contribution in [2.45, 2.75) is 16.7 Å². The van der Waals surface area contributed by atoms with E-state index in [4.69, 9.17) is 16.1 Å². The van der Waals surface area contributed by atoms with Gasteiger partial charge in [0.25, 0.3) is 11.8 Å². The molecule has 4 aromatic rings. The Kier molecular flexibility index (Phi) is 4.81. The number of anilines is 1. The molecule has 1 aromatic heterocycles. The van der Waals surface area contributed by atoms with E-state index >= 15 is 0 Å². The number of carbonyl (C=O) groups excluding carboxylic acids is 1. The van der Waals surface area contributed by atoms with E-state index < -0.39 is 0 Å². The van der Waals surface area contributed by atoms with Gasteiger partial charge >= 0.3 is 0 Å². The molecule has 1 aliphatic heterocycles. The van der Waals surface area contributed by atoms with E-state index in [1.165, 1.54) is 0 Å². The molecule has 5 rings (SSSR count). The first-order valence-electron chi connectivity index (χ1n) is 9.47. The predicted octanol–water partition coefficient (Wildman–Crippen LogP) is 6.19. The van der Waals surface area contributed by atoms with Gasteiger partial charge in [0.05, 0.1) is 11.3 Å². The van der Waals surface area contributed by atoms with E-state index in [9.17, 15) is 4.79 Å². The Morgan fingerprint density at radius 3 is 2.57 bits per heavy atom. The van der Waals surface area contributed by atoms with Crippen LogP contribution in [-0.2, 0) is 0 Å². The zero-order chi connectivity index (χ0) is 20.7. The molecule has 1 aliphatic rings. The molecule has 2 heterocycles. The van der Waals surface area contributed by atoms with Gasteiger partial charge in [0.2, 0.25) is 5.82 Å². The molecular formula is C23H16ClN3O2S. The summed E-state index contributed by atoms with van der Waals surface area (Å²) in [6, 6.07) is 20.8. The monoisotopic (exact) mass is 433 g/mol. The zero-order valence-electron chi connectivity index (χ0n) is 16.0. The summed E-state index contributed by atoms with van der Waals surface area (Å²) in [5.41, 5.74) is 3.23. The van der Waals surface area contributed by atoms with Crippen LogP contribution in [0, 0.1) is 0 Å². The third-order valence-corrected chi connectivity index (χ3v) is 6.30. The van der Waals surface area contributed by atoms with Crippen LogP contribution in [-0.4, -0.2) is 22.6 Å². The molecule has 0 saturated carbocycles. The summed E-state index contributed by atoms with van der Waals surface area (Å²) in [5.74, 6) is 0.937. The van der Waals surface area contributed by atoms with Crippen molar-refractivity contribution in [3.8, 4) is 22.8 Å². The summed E-state index contributed by atoms with van der Waals surface area (Å²) in [7, 11) is 0. The summed E-state index contributed by atoms with van der Waals surface area (Å²) in [5, 5.41) is 4.80. The van der Waals surface area contributed by atoms with Gasteiger partial charge in [-0.25, -0.2) is 0 Å². The van der Waals surface area contributed by atoms with Crippen molar-refractivity contribution in [3.05, 3.63) is 77.3 Å². The van der Waals surface area contributed by atoms with E-state index in [2.05, 4.69) is 10.1 Å². The van der Waals surface area contributed by atoms with Crippen molar-refractivity contribution in [2.24, 2.45) is 0 Å². The van der Waals surface area contributed by atoms with Crippen molar-refractivity contribution in [2.75, 3.05) is 11.4 Å². The number of halogens is 1. The fourth-order valence-electron chi connectivity index (χ4n) is 3.43. The maximum absolute atomic E-state index is 13.0. The standard InChI is InChI=1S/C23H16ClN3O2S/c1-2-27-18-12-9-15(13-20(18)30-19-6-4-3-5-17(19)23(27)28)21-25-22(29-26-21)14-7-10-16(24)11-8-14/h3-13H,2H2,1H3. The van der Waals surface area contributed by atoms with E-state index in [1.54, 1.807) is 28.8 Å². The second-order valence-electron chi connectivity index (χ2n) is 6.76. The van der Waals surface area contributed by atoms with Gasteiger partial charge in [-0.05, 0) is 61.5 Å². The SMILES string of the molecule is CCN1C(=O)c2ccccc2Sc2cc(-c3noc(-c4ccc(Cl)cc4)n3)ccc21. The predicted molar refractivity (Wildman–Crippen MR) is 118 cm³/mol. The molecule has 0 bridgehead atoms. The highest BCUT2D eigenvalue weighted by Gasteiger charge is 2.26. The minimum absolute atomic E-state index is 0.0108. The Balaban J connectivity index is 1.56. The maximum atomic E-state index is 13.0. The smallest absolute Gasteiger partial charge is 0.259 e. The molecule has 1 amide bonds. The van der Waals surface area contributed by atoms with Crippen LogP contribution in [0.3, 0.4) is 0 Å². The van der Waals surface area contributed by atoms with E-state index in [0.717, 1.165) is 26.6 Å². The van der Waals surface area contributed by atoms with E-state index in [-0.39, 0.29) is 5.91 Å². The van der Waals surface area contributed by atoms with Gasteiger partial charge < -0.3 is 9.42 Å². The van der Waals surface area contributed by atoms with Crippen LogP contribution in [0.1, 0.15) is 17.3 Å². The molecular weight excluding hydrogens is 418 g/mol. The number of hydrogen-bond acceptors (Lipinski definition) is 5. The minimum Gasteiger partial charge on any atom is -0.334 e. The van der Waals surface area contributed by atoms with Gasteiger partial charge in [-0.3, -0.25) is 4.79 Å². The normalized spacial score (nSPS) is 13.0. The molecule has 0 fully saturated rings. The highest BCUT2D eigenvalue weighted by Crippen LogP contribution is 2.42. The first kappa shape index (κ1) is 18.9. The number of carbonyl (C=O) groups is 1. The quantitative estimate of drug-likeness (QED) is 0.385. The zero-order valence-corrected chi connectivity index (χ0v) is 17.6.